The molecule has 2 fully saturated rings. The summed E-state index contributed by atoms with van der Waals surface area (Å²) in [4.78, 5) is 28.5. The number of rotatable bonds is 3. The van der Waals surface area contributed by atoms with E-state index in [0.717, 1.165) is 54.9 Å². The summed E-state index contributed by atoms with van der Waals surface area (Å²) < 4.78 is 0. The van der Waals surface area contributed by atoms with Gasteiger partial charge in [0.1, 0.15) is 17.5 Å². The molecule has 8 heteroatoms. The van der Waals surface area contributed by atoms with Gasteiger partial charge in [0.15, 0.2) is 0 Å². The van der Waals surface area contributed by atoms with Crippen LogP contribution in [-0.4, -0.2) is 60.2 Å². The lowest BCUT2D eigenvalue weighted by molar-refractivity contribution is 0.208. The standard InChI is InChI=1S/C22H29ClN6O/c1-16-18(23)7-6-8-19(16)26-22(30)29-13-11-28(12-14-29)21-15-20(24-17(2)25-21)27-9-4-3-5-10-27/h6-8,15H,3-5,9-14H2,1-2H3,(H,26,30). The van der Waals surface area contributed by atoms with Gasteiger partial charge in [0.25, 0.3) is 0 Å². The Kier molecular flexibility index (Phi) is 6.27. The summed E-state index contributed by atoms with van der Waals surface area (Å²) >= 11 is 6.16. The second-order valence-electron chi connectivity index (χ2n) is 8.00. The van der Waals surface area contributed by atoms with E-state index in [4.69, 9.17) is 11.6 Å². The summed E-state index contributed by atoms with van der Waals surface area (Å²) in [6.07, 6.45) is 3.74. The fourth-order valence-electron chi connectivity index (χ4n) is 4.06. The largest absolute Gasteiger partial charge is 0.356 e. The molecule has 2 saturated heterocycles. The summed E-state index contributed by atoms with van der Waals surface area (Å²) in [7, 11) is 0. The normalized spacial score (nSPS) is 17.2. The number of nitrogens with one attached hydrogen (secondary N) is 1. The summed E-state index contributed by atoms with van der Waals surface area (Å²) in [5.74, 6) is 2.77. The number of aromatic nitrogens is 2. The van der Waals surface area contributed by atoms with Crippen molar-refractivity contribution in [3.8, 4) is 0 Å². The van der Waals surface area contributed by atoms with E-state index in [1.165, 1.54) is 19.3 Å². The lowest BCUT2D eigenvalue weighted by Crippen LogP contribution is -2.50. The van der Waals surface area contributed by atoms with Gasteiger partial charge in [-0.1, -0.05) is 17.7 Å². The number of urea groups is 1. The van der Waals surface area contributed by atoms with Crippen LogP contribution in [-0.2, 0) is 0 Å². The average molecular weight is 429 g/mol. The van der Waals surface area contributed by atoms with Crippen molar-refractivity contribution < 1.29 is 4.79 Å². The van der Waals surface area contributed by atoms with Crippen LogP contribution in [0.5, 0.6) is 0 Å². The fraction of sp³-hybridized carbons (Fsp3) is 0.500. The molecule has 160 valence electrons. The molecule has 2 aromatic rings. The van der Waals surface area contributed by atoms with Gasteiger partial charge in [0.05, 0.1) is 0 Å². The minimum Gasteiger partial charge on any atom is -0.356 e. The molecule has 0 radical (unpaired) electrons. The van der Waals surface area contributed by atoms with Crippen molar-refractivity contribution in [3.05, 3.63) is 40.7 Å². The molecule has 0 unspecified atom stereocenters. The van der Waals surface area contributed by atoms with Gasteiger partial charge < -0.3 is 20.0 Å². The van der Waals surface area contributed by atoms with Crippen LogP contribution in [0.3, 0.4) is 0 Å². The fourth-order valence-corrected chi connectivity index (χ4v) is 4.23. The van der Waals surface area contributed by atoms with Crippen LogP contribution in [0.25, 0.3) is 0 Å². The minimum atomic E-state index is -0.0899. The Labute approximate surface area is 183 Å². The number of piperidine rings is 1. The first-order chi connectivity index (χ1) is 14.5. The molecule has 0 aliphatic carbocycles. The SMILES string of the molecule is Cc1nc(N2CCCCC2)cc(N2CCN(C(=O)Nc3cccc(Cl)c3C)CC2)n1. The average Bonchev–Trinajstić information content (AvgIpc) is 2.77. The smallest absolute Gasteiger partial charge is 0.321 e. The number of hydrogen-bond donors (Lipinski definition) is 1. The lowest BCUT2D eigenvalue weighted by Gasteiger charge is -2.36. The molecule has 7 nitrogen and oxygen atoms in total. The molecule has 0 bridgehead atoms. The predicted octanol–water partition coefficient (Wildman–Crippen LogP) is 4.09. The van der Waals surface area contributed by atoms with Gasteiger partial charge in [-0.2, -0.15) is 0 Å². The highest BCUT2D eigenvalue weighted by Crippen LogP contribution is 2.25. The Balaban J connectivity index is 1.39. The Bertz CT molecular complexity index is 906. The molecule has 2 amide bonds. The number of anilines is 3. The number of amides is 2. The molecule has 2 aliphatic rings. The molecule has 30 heavy (non-hydrogen) atoms. The lowest BCUT2D eigenvalue weighted by atomic mass is 10.1. The molecule has 1 aromatic heterocycles. The van der Waals surface area contributed by atoms with Crippen LogP contribution in [0.15, 0.2) is 24.3 Å². The van der Waals surface area contributed by atoms with Crippen LogP contribution in [0.4, 0.5) is 22.1 Å². The van der Waals surface area contributed by atoms with Crippen molar-refractivity contribution in [2.45, 2.75) is 33.1 Å². The zero-order valence-electron chi connectivity index (χ0n) is 17.7. The molecule has 3 heterocycles. The Hall–Kier alpha value is -2.54. The van der Waals surface area contributed by atoms with Gasteiger partial charge in [0, 0.05) is 56.0 Å². The van der Waals surface area contributed by atoms with Crippen LogP contribution < -0.4 is 15.1 Å². The van der Waals surface area contributed by atoms with Crippen molar-refractivity contribution in [1.29, 1.82) is 0 Å². The highest BCUT2D eigenvalue weighted by Gasteiger charge is 2.24. The Morgan fingerprint density at radius 3 is 2.23 bits per heavy atom. The van der Waals surface area contributed by atoms with E-state index >= 15 is 0 Å². The number of carbonyl (C=O) groups excluding carboxylic acids is 1. The zero-order chi connectivity index (χ0) is 21.1. The topological polar surface area (TPSA) is 64.6 Å². The predicted molar refractivity (Wildman–Crippen MR) is 122 cm³/mol. The molecular weight excluding hydrogens is 400 g/mol. The molecular formula is C22H29ClN6O. The first kappa shape index (κ1) is 20.7. The number of hydrogen-bond acceptors (Lipinski definition) is 5. The Morgan fingerprint density at radius 2 is 1.57 bits per heavy atom. The van der Waals surface area contributed by atoms with Crippen molar-refractivity contribution in [3.63, 3.8) is 0 Å². The number of halogens is 1. The highest BCUT2D eigenvalue weighted by atomic mass is 35.5. The van der Waals surface area contributed by atoms with Crippen molar-refractivity contribution in [1.82, 2.24) is 14.9 Å². The number of nitrogens with zero attached hydrogens (tertiary/aromatic N) is 5. The minimum absolute atomic E-state index is 0.0899. The summed E-state index contributed by atoms with van der Waals surface area (Å²) in [5.41, 5.74) is 1.64. The third kappa shape index (κ3) is 4.61. The van der Waals surface area contributed by atoms with E-state index in [0.29, 0.717) is 18.1 Å². The van der Waals surface area contributed by atoms with E-state index in [1.807, 2.05) is 36.9 Å². The van der Waals surface area contributed by atoms with E-state index in [1.54, 1.807) is 0 Å². The molecule has 0 atom stereocenters. The first-order valence-electron chi connectivity index (χ1n) is 10.7. The van der Waals surface area contributed by atoms with Crippen LogP contribution >= 0.6 is 11.6 Å². The van der Waals surface area contributed by atoms with Crippen LogP contribution in [0.1, 0.15) is 30.7 Å². The maximum atomic E-state index is 12.7. The number of piperazine rings is 1. The molecule has 1 aromatic carbocycles. The number of aryl methyl sites for hydroxylation is 1. The van der Waals surface area contributed by atoms with Gasteiger partial charge in [-0.05, 0) is 50.8 Å². The Morgan fingerprint density at radius 1 is 0.933 bits per heavy atom. The van der Waals surface area contributed by atoms with Gasteiger partial charge in [0.2, 0.25) is 0 Å². The third-order valence-corrected chi connectivity index (χ3v) is 6.30. The number of carbonyl (C=O) groups is 1. The van der Waals surface area contributed by atoms with Crippen LogP contribution in [0, 0.1) is 13.8 Å². The first-order valence-corrected chi connectivity index (χ1v) is 11.1. The second kappa shape index (κ2) is 9.08. The maximum Gasteiger partial charge on any atom is 0.321 e. The summed E-state index contributed by atoms with van der Waals surface area (Å²) in [5, 5.41) is 3.64. The molecule has 1 N–H and O–H groups in total. The zero-order valence-corrected chi connectivity index (χ0v) is 18.5. The van der Waals surface area contributed by atoms with Gasteiger partial charge >= 0.3 is 6.03 Å². The van der Waals surface area contributed by atoms with Crippen LogP contribution in [0.2, 0.25) is 5.02 Å². The molecule has 0 spiro atoms. The van der Waals surface area contributed by atoms with Gasteiger partial charge in [-0.15, -0.1) is 0 Å². The summed E-state index contributed by atoms with van der Waals surface area (Å²) in [6, 6.07) is 7.56. The number of benzene rings is 1. The van der Waals surface area contributed by atoms with E-state index < -0.39 is 0 Å². The summed E-state index contributed by atoms with van der Waals surface area (Å²) in [6.45, 7) is 8.78. The van der Waals surface area contributed by atoms with E-state index in [-0.39, 0.29) is 6.03 Å². The monoisotopic (exact) mass is 428 g/mol. The highest BCUT2D eigenvalue weighted by molar-refractivity contribution is 6.31. The maximum absolute atomic E-state index is 12.7. The molecule has 4 rings (SSSR count). The van der Waals surface area contributed by atoms with E-state index in [2.05, 4.69) is 31.2 Å². The van der Waals surface area contributed by atoms with Crippen molar-refractivity contribution >= 4 is 35.0 Å². The quantitative estimate of drug-likeness (QED) is 0.797. The van der Waals surface area contributed by atoms with Gasteiger partial charge in [-0.25, -0.2) is 14.8 Å². The van der Waals surface area contributed by atoms with Crippen molar-refractivity contribution in [2.24, 2.45) is 0 Å². The molecule has 2 aliphatic heterocycles. The third-order valence-electron chi connectivity index (χ3n) is 5.89. The van der Waals surface area contributed by atoms with Crippen molar-refractivity contribution in [2.75, 3.05) is 54.4 Å². The van der Waals surface area contributed by atoms with E-state index in [9.17, 15) is 4.79 Å². The second-order valence-corrected chi connectivity index (χ2v) is 8.40. The van der Waals surface area contributed by atoms with Gasteiger partial charge in [-0.3, -0.25) is 0 Å². The molecule has 0 saturated carbocycles.